The molecule has 0 unspecified atom stereocenters. The molecule has 0 saturated carbocycles. The molecule has 0 fully saturated rings. The van der Waals surface area contributed by atoms with Gasteiger partial charge in [0.25, 0.3) is 0 Å². The van der Waals surface area contributed by atoms with Crippen molar-refractivity contribution in [1.29, 1.82) is 0 Å². The lowest BCUT2D eigenvalue weighted by atomic mass is 10.1. The molecule has 0 aromatic carbocycles. The summed E-state index contributed by atoms with van der Waals surface area (Å²) in [6.45, 7) is 2.09. The molecule has 0 amide bonds. The number of ketones is 1. The SMILES string of the molecule is CCCCC(=O)CCS. The van der Waals surface area contributed by atoms with E-state index >= 15 is 0 Å². The molecular weight excluding hydrogens is 132 g/mol. The molecule has 9 heavy (non-hydrogen) atoms. The zero-order chi connectivity index (χ0) is 7.11. The van der Waals surface area contributed by atoms with Crippen molar-refractivity contribution < 1.29 is 4.79 Å². The third kappa shape index (κ3) is 5.90. The van der Waals surface area contributed by atoms with Crippen LogP contribution in [-0.4, -0.2) is 11.5 Å². The minimum Gasteiger partial charge on any atom is -0.300 e. The molecule has 0 spiro atoms. The maximum absolute atomic E-state index is 10.8. The lowest BCUT2D eigenvalue weighted by Crippen LogP contribution is -1.97. The van der Waals surface area contributed by atoms with Crippen molar-refractivity contribution in [3.8, 4) is 0 Å². The average Bonchev–Trinajstić information content (AvgIpc) is 1.85. The predicted molar refractivity (Wildman–Crippen MR) is 43.0 cm³/mol. The second kappa shape index (κ2) is 6.14. The van der Waals surface area contributed by atoms with Gasteiger partial charge in [-0.15, -0.1) is 0 Å². The van der Waals surface area contributed by atoms with Crippen LogP contribution in [0, 0.1) is 0 Å². The van der Waals surface area contributed by atoms with Crippen LogP contribution >= 0.6 is 12.6 Å². The maximum Gasteiger partial charge on any atom is 0.133 e. The summed E-state index contributed by atoms with van der Waals surface area (Å²) in [7, 11) is 0. The van der Waals surface area contributed by atoms with E-state index in [0.29, 0.717) is 18.0 Å². The molecule has 2 heteroatoms. The highest BCUT2D eigenvalue weighted by Gasteiger charge is 1.97. The predicted octanol–water partition coefficient (Wildman–Crippen LogP) is 2.07. The molecule has 54 valence electrons. The van der Waals surface area contributed by atoms with Crippen LogP contribution in [0.4, 0.5) is 0 Å². The van der Waals surface area contributed by atoms with Gasteiger partial charge in [-0.05, 0) is 12.2 Å². The first-order valence-corrected chi connectivity index (χ1v) is 4.07. The number of hydrogen-bond donors (Lipinski definition) is 1. The van der Waals surface area contributed by atoms with Crippen LogP contribution < -0.4 is 0 Å². The van der Waals surface area contributed by atoms with E-state index in [4.69, 9.17) is 0 Å². The number of rotatable bonds is 5. The zero-order valence-electron chi connectivity index (χ0n) is 5.89. The lowest BCUT2D eigenvalue weighted by molar-refractivity contribution is -0.118. The van der Waals surface area contributed by atoms with Crippen molar-refractivity contribution in [2.24, 2.45) is 0 Å². The summed E-state index contributed by atoms with van der Waals surface area (Å²) in [4.78, 5) is 10.8. The molecule has 0 N–H and O–H groups in total. The van der Waals surface area contributed by atoms with Crippen LogP contribution in [0.15, 0.2) is 0 Å². The maximum atomic E-state index is 10.8. The van der Waals surface area contributed by atoms with Crippen LogP contribution in [0.1, 0.15) is 32.6 Å². The Kier molecular flexibility index (Phi) is 6.16. The van der Waals surface area contributed by atoms with Crippen LogP contribution in [-0.2, 0) is 4.79 Å². The Morgan fingerprint density at radius 2 is 2.11 bits per heavy atom. The highest BCUT2D eigenvalue weighted by atomic mass is 32.1. The fourth-order valence-electron chi connectivity index (χ4n) is 0.624. The quantitative estimate of drug-likeness (QED) is 0.587. The molecule has 0 aromatic heterocycles. The van der Waals surface area contributed by atoms with Crippen LogP contribution in [0.3, 0.4) is 0 Å². The Labute approximate surface area is 62.2 Å². The smallest absolute Gasteiger partial charge is 0.133 e. The zero-order valence-corrected chi connectivity index (χ0v) is 6.79. The van der Waals surface area contributed by atoms with Crippen LogP contribution in [0.25, 0.3) is 0 Å². The Morgan fingerprint density at radius 1 is 1.44 bits per heavy atom. The van der Waals surface area contributed by atoms with E-state index in [2.05, 4.69) is 19.6 Å². The minimum atomic E-state index is 0.354. The van der Waals surface area contributed by atoms with Gasteiger partial charge in [-0.25, -0.2) is 0 Å². The standard InChI is InChI=1S/C7H14OS/c1-2-3-4-7(8)5-6-9/h9H,2-6H2,1H3. The topological polar surface area (TPSA) is 17.1 Å². The van der Waals surface area contributed by atoms with E-state index in [0.717, 1.165) is 19.3 Å². The molecule has 0 aliphatic rings. The molecule has 0 aliphatic heterocycles. The first kappa shape index (κ1) is 9.02. The van der Waals surface area contributed by atoms with Crippen molar-refractivity contribution in [2.75, 3.05) is 5.75 Å². The van der Waals surface area contributed by atoms with Gasteiger partial charge in [0.05, 0.1) is 0 Å². The van der Waals surface area contributed by atoms with Gasteiger partial charge >= 0.3 is 0 Å². The highest BCUT2D eigenvalue weighted by molar-refractivity contribution is 7.80. The van der Waals surface area contributed by atoms with Crippen LogP contribution in [0.5, 0.6) is 0 Å². The number of Topliss-reactive ketones (excluding diaryl/α,β-unsaturated/α-hetero) is 1. The van der Waals surface area contributed by atoms with Gasteiger partial charge in [0.15, 0.2) is 0 Å². The first-order valence-electron chi connectivity index (χ1n) is 3.43. The highest BCUT2D eigenvalue weighted by Crippen LogP contribution is 1.98. The lowest BCUT2D eigenvalue weighted by Gasteiger charge is -1.93. The van der Waals surface area contributed by atoms with E-state index in [-0.39, 0.29) is 0 Å². The van der Waals surface area contributed by atoms with Gasteiger partial charge in [0.1, 0.15) is 5.78 Å². The third-order valence-electron chi connectivity index (χ3n) is 1.20. The molecule has 1 nitrogen and oxygen atoms in total. The summed E-state index contributed by atoms with van der Waals surface area (Å²) < 4.78 is 0. The minimum absolute atomic E-state index is 0.354. The molecule has 0 saturated heterocycles. The number of thiol groups is 1. The summed E-state index contributed by atoms with van der Waals surface area (Å²) in [5.74, 6) is 1.05. The molecule has 0 radical (unpaired) electrons. The van der Waals surface area contributed by atoms with Crippen molar-refractivity contribution >= 4 is 18.4 Å². The number of carbonyl (C=O) groups is 1. The second-order valence-corrected chi connectivity index (χ2v) is 2.56. The fourth-order valence-corrected chi connectivity index (χ4v) is 0.873. The van der Waals surface area contributed by atoms with Gasteiger partial charge in [0, 0.05) is 12.8 Å². The number of unbranched alkanes of at least 4 members (excludes halogenated alkanes) is 1. The van der Waals surface area contributed by atoms with Gasteiger partial charge in [-0.2, -0.15) is 12.6 Å². The van der Waals surface area contributed by atoms with E-state index < -0.39 is 0 Å². The van der Waals surface area contributed by atoms with Gasteiger partial charge in [0.2, 0.25) is 0 Å². The molecule has 0 heterocycles. The van der Waals surface area contributed by atoms with Gasteiger partial charge in [-0.3, -0.25) is 4.79 Å². The van der Waals surface area contributed by atoms with Crippen molar-refractivity contribution in [3.05, 3.63) is 0 Å². The molecule has 0 atom stereocenters. The number of carbonyl (C=O) groups excluding carboxylic acids is 1. The summed E-state index contributed by atoms with van der Waals surface area (Å²) in [5, 5.41) is 0. The van der Waals surface area contributed by atoms with E-state index in [1.807, 2.05) is 0 Å². The number of hydrogen-bond acceptors (Lipinski definition) is 2. The summed E-state index contributed by atoms with van der Waals surface area (Å²) >= 11 is 3.96. The van der Waals surface area contributed by atoms with Crippen LogP contribution in [0.2, 0.25) is 0 Å². The third-order valence-corrected chi connectivity index (χ3v) is 1.42. The van der Waals surface area contributed by atoms with Crippen molar-refractivity contribution in [2.45, 2.75) is 32.6 Å². The first-order chi connectivity index (χ1) is 4.31. The molecule has 0 bridgehead atoms. The summed E-state index contributed by atoms with van der Waals surface area (Å²) in [6.07, 6.45) is 3.53. The Hall–Kier alpha value is 0.0200. The Balaban J connectivity index is 3.06. The Bertz CT molecular complexity index is 81.0. The normalized spacial score (nSPS) is 9.56. The monoisotopic (exact) mass is 146 g/mol. The van der Waals surface area contributed by atoms with Gasteiger partial charge < -0.3 is 0 Å². The fraction of sp³-hybridized carbons (Fsp3) is 0.857. The summed E-state index contributed by atoms with van der Waals surface area (Å²) in [5.41, 5.74) is 0. The van der Waals surface area contributed by atoms with Gasteiger partial charge in [-0.1, -0.05) is 13.3 Å². The second-order valence-electron chi connectivity index (χ2n) is 2.12. The van der Waals surface area contributed by atoms with Crippen molar-refractivity contribution in [1.82, 2.24) is 0 Å². The van der Waals surface area contributed by atoms with E-state index in [9.17, 15) is 4.79 Å². The Morgan fingerprint density at radius 3 is 2.56 bits per heavy atom. The van der Waals surface area contributed by atoms with Crippen molar-refractivity contribution in [3.63, 3.8) is 0 Å². The average molecular weight is 146 g/mol. The molecule has 0 aromatic rings. The summed E-state index contributed by atoms with van der Waals surface area (Å²) in [6, 6.07) is 0. The largest absolute Gasteiger partial charge is 0.300 e. The molecule has 0 rings (SSSR count). The van der Waals surface area contributed by atoms with E-state index in [1.165, 1.54) is 0 Å². The molecule has 0 aliphatic carbocycles. The van der Waals surface area contributed by atoms with E-state index in [1.54, 1.807) is 0 Å². The molecular formula is C7H14OS.